The number of nitrogen functional groups attached to an aromatic ring is 1. The third-order valence-electron chi connectivity index (χ3n) is 3.70. The highest BCUT2D eigenvalue weighted by Crippen LogP contribution is 2.44. The zero-order valence-corrected chi connectivity index (χ0v) is 15.5. The summed E-state index contributed by atoms with van der Waals surface area (Å²) in [4.78, 5) is 4.17. The summed E-state index contributed by atoms with van der Waals surface area (Å²) < 4.78 is 59.4. The maximum Gasteiger partial charge on any atom is 0.420 e. The molecule has 1 fully saturated rings. The van der Waals surface area contributed by atoms with Crippen LogP contribution in [0.3, 0.4) is 0 Å². The number of nitrogens with two attached hydrogens (primary N) is 1. The van der Waals surface area contributed by atoms with Crippen molar-refractivity contribution in [1.29, 1.82) is 0 Å². The molecule has 25 heavy (non-hydrogen) atoms. The Morgan fingerprint density at radius 1 is 1.36 bits per heavy atom. The number of anilines is 2. The first-order valence-electron chi connectivity index (χ1n) is 7.91. The molecule has 0 spiro atoms. The molecule has 1 atom stereocenters. The number of nitrogens with zero attached hydrogens (tertiary/aromatic N) is 1. The third-order valence-corrected chi connectivity index (χ3v) is 4.52. The molecule has 1 unspecified atom stereocenters. The summed E-state index contributed by atoms with van der Waals surface area (Å²) >= 11 is 2.84. The topological polar surface area (TPSA) is 59.6 Å². The predicted octanol–water partition coefficient (Wildman–Crippen LogP) is 4.96. The summed E-state index contributed by atoms with van der Waals surface area (Å²) in [6.45, 7) is 3.91. The van der Waals surface area contributed by atoms with Crippen LogP contribution in [0.1, 0.15) is 44.2 Å². The van der Waals surface area contributed by atoms with Gasteiger partial charge < -0.3 is 15.8 Å². The average Bonchev–Trinajstić information content (AvgIpc) is 2.51. The van der Waals surface area contributed by atoms with Gasteiger partial charge in [-0.3, -0.25) is 4.99 Å². The number of alkyl halides is 3. The van der Waals surface area contributed by atoms with E-state index in [0.29, 0.717) is 13.0 Å². The van der Waals surface area contributed by atoms with Crippen LogP contribution >= 0.6 is 15.9 Å². The molecular weight excluding hydrogens is 406 g/mol. The van der Waals surface area contributed by atoms with Crippen LogP contribution in [-0.2, 0) is 10.9 Å². The maximum atomic E-state index is 14.5. The number of hydrogen-bond acceptors (Lipinski definition) is 4. The summed E-state index contributed by atoms with van der Waals surface area (Å²) in [5.74, 6) is -1.43. The van der Waals surface area contributed by atoms with E-state index >= 15 is 0 Å². The highest BCUT2D eigenvalue weighted by atomic mass is 79.9. The van der Waals surface area contributed by atoms with Crippen molar-refractivity contribution in [1.82, 2.24) is 0 Å². The van der Waals surface area contributed by atoms with E-state index in [9.17, 15) is 17.6 Å². The van der Waals surface area contributed by atoms with Gasteiger partial charge in [-0.25, -0.2) is 4.39 Å². The van der Waals surface area contributed by atoms with Gasteiger partial charge in [0, 0.05) is 28.9 Å². The SMILES string of the molecule is CC(C)Nc1c(N)c(/C=N/C2CCCCO2)c(Br)c(C(F)(F)F)c1F. The lowest BCUT2D eigenvalue weighted by atomic mass is 10.0. The van der Waals surface area contributed by atoms with Crippen molar-refractivity contribution in [3.8, 4) is 0 Å². The van der Waals surface area contributed by atoms with Crippen molar-refractivity contribution in [2.45, 2.75) is 51.6 Å². The summed E-state index contributed by atoms with van der Waals surface area (Å²) in [5.41, 5.74) is 3.99. The summed E-state index contributed by atoms with van der Waals surface area (Å²) in [6.07, 6.45) is -1.56. The van der Waals surface area contributed by atoms with Gasteiger partial charge in [0.05, 0.1) is 11.4 Å². The van der Waals surface area contributed by atoms with Gasteiger partial charge in [-0.2, -0.15) is 13.2 Å². The Hall–Kier alpha value is -1.35. The molecule has 0 aliphatic carbocycles. The van der Waals surface area contributed by atoms with Crippen LogP contribution in [0.15, 0.2) is 9.47 Å². The maximum absolute atomic E-state index is 14.5. The first-order chi connectivity index (χ1) is 11.6. The molecule has 1 aromatic carbocycles. The number of aliphatic imine (C=N–C) groups is 1. The quantitative estimate of drug-likeness (QED) is 0.407. The third kappa shape index (κ3) is 4.63. The Bertz CT molecular complexity index is 656. The first kappa shape index (κ1) is 20.0. The lowest BCUT2D eigenvalue weighted by Crippen LogP contribution is -2.20. The second kappa shape index (κ2) is 7.90. The van der Waals surface area contributed by atoms with Crippen molar-refractivity contribution in [3.63, 3.8) is 0 Å². The van der Waals surface area contributed by atoms with Crippen LogP contribution in [-0.4, -0.2) is 25.1 Å². The van der Waals surface area contributed by atoms with E-state index in [1.165, 1.54) is 6.21 Å². The highest BCUT2D eigenvalue weighted by Gasteiger charge is 2.40. The molecule has 1 aliphatic heterocycles. The smallest absolute Gasteiger partial charge is 0.396 e. The van der Waals surface area contributed by atoms with Gasteiger partial charge in [-0.05, 0) is 49.0 Å². The van der Waals surface area contributed by atoms with Gasteiger partial charge in [-0.15, -0.1) is 0 Å². The van der Waals surface area contributed by atoms with E-state index < -0.39 is 28.3 Å². The molecule has 140 valence electrons. The van der Waals surface area contributed by atoms with E-state index in [4.69, 9.17) is 10.5 Å². The predicted molar refractivity (Wildman–Crippen MR) is 93.5 cm³/mol. The number of rotatable bonds is 4. The number of hydrogen-bond donors (Lipinski definition) is 2. The fourth-order valence-electron chi connectivity index (χ4n) is 2.53. The first-order valence-corrected chi connectivity index (χ1v) is 8.71. The summed E-state index contributed by atoms with van der Waals surface area (Å²) in [6, 6.07) is -0.300. The molecule has 0 radical (unpaired) electrons. The second-order valence-electron chi connectivity index (χ2n) is 6.10. The van der Waals surface area contributed by atoms with Crippen molar-refractivity contribution < 1.29 is 22.3 Å². The number of nitrogens with one attached hydrogen (secondary N) is 1. The molecule has 4 nitrogen and oxygen atoms in total. The van der Waals surface area contributed by atoms with E-state index in [1.54, 1.807) is 13.8 Å². The van der Waals surface area contributed by atoms with Crippen LogP contribution < -0.4 is 11.1 Å². The monoisotopic (exact) mass is 425 g/mol. The molecule has 1 heterocycles. The second-order valence-corrected chi connectivity index (χ2v) is 6.89. The lowest BCUT2D eigenvalue weighted by Gasteiger charge is -2.22. The molecule has 1 saturated heterocycles. The minimum Gasteiger partial charge on any atom is -0.396 e. The van der Waals surface area contributed by atoms with Gasteiger partial charge in [0.2, 0.25) is 0 Å². The van der Waals surface area contributed by atoms with Crippen LogP contribution in [0.5, 0.6) is 0 Å². The van der Waals surface area contributed by atoms with Gasteiger partial charge >= 0.3 is 6.18 Å². The highest BCUT2D eigenvalue weighted by molar-refractivity contribution is 9.10. The largest absolute Gasteiger partial charge is 0.420 e. The van der Waals surface area contributed by atoms with Gasteiger partial charge in [0.1, 0.15) is 11.8 Å². The minimum atomic E-state index is -4.88. The normalized spacial score (nSPS) is 19.0. The summed E-state index contributed by atoms with van der Waals surface area (Å²) in [7, 11) is 0. The lowest BCUT2D eigenvalue weighted by molar-refractivity contribution is -0.140. The van der Waals surface area contributed by atoms with E-state index in [2.05, 4.69) is 26.2 Å². The number of ether oxygens (including phenoxy) is 1. The Morgan fingerprint density at radius 2 is 2.04 bits per heavy atom. The fraction of sp³-hybridized carbons (Fsp3) is 0.562. The number of benzene rings is 1. The van der Waals surface area contributed by atoms with E-state index in [-0.39, 0.29) is 23.0 Å². The van der Waals surface area contributed by atoms with Crippen molar-refractivity contribution in [3.05, 3.63) is 21.4 Å². The molecule has 9 heteroatoms. The molecule has 3 N–H and O–H groups in total. The molecule has 1 aliphatic rings. The average molecular weight is 426 g/mol. The van der Waals surface area contributed by atoms with Gasteiger partial charge in [-0.1, -0.05) is 0 Å². The minimum absolute atomic E-state index is 0.0222. The zero-order valence-electron chi connectivity index (χ0n) is 13.9. The Balaban J connectivity index is 2.55. The molecule has 2 rings (SSSR count). The molecular formula is C16H20BrF4N3O. The standard InChI is InChI=1S/C16H20BrF4N3O/c1-8(2)24-15-13(18)11(16(19,20)21)12(17)9(14(15)22)7-23-10-5-3-4-6-25-10/h7-8,10,24H,3-6,22H2,1-2H3/b23-7+. The molecule has 0 aromatic heterocycles. The Kier molecular flexibility index (Phi) is 6.31. The zero-order chi connectivity index (χ0) is 18.8. The van der Waals surface area contributed by atoms with Crippen molar-refractivity contribution in [2.24, 2.45) is 4.99 Å². The van der Waals surface area contributed by atoms with Crippen LogP contribution in [0.2, 0.25) is 0 Å². The molecule has 1 aromatic rings. The molecule has 0 amide bonds. The van der Waals surface area contributed by atoms with Gasteiger partial charge in [0.25, 0.3) is 0 Å². The molecule has 0 bridgehead atoms. The van der Waals surface area contributed by atoms with Gasteiger partial charge in [0.15, 0.2) is 5.82 Å². The Morgan fingerprint density at radius 3 is 2.56 bits per heavy atom. The molecule has 0 saturated carbocycles. The van der Waals surface area contributed by atoms with Crippen LogP contribution in [0.25, 0.3) is 0 Å². The van der Waals surface area contributed by atoms with Crippen LogP contribution in [0.4, 0.5) is 28.9 Å². The van der Waals surface area contributed by atoms with E-state index in [1.807, 2.05) is 0 Å². The van der Waals surface area contributed by atoms with Crippen LogP contribution in [0, 0.1) is 5.82 Å². The summed E-state index contributed by atoms with van der Waals surface area (Å²) in [5, 5.41) is 2.65. The van der Waals surface area contributed by atoms with E-state index in [0.717, 1.165) is 12.8 Å². The fourth-order valence-corrected chi connectivity index (χ4v) is 3.25. The van der Waals surface area contributed by atoms with Crippen molar-refractivity contribution >= 4 is 33.5 Å². The Labute approximate surface area is 152 Å². The number of halogens is 5. The van der Waals surface area contributed by atoms with Crippen molar-refractivity contribution in [2.75, 3.05) is 17.7 Å².